The van der Waals surface area contributed by atoms with Crippen LogP contribution in [0, 0.1) is 0 Å². The molecular formula is C26H30N4O5. The predicted octanol–water partition coefficient (Wildman–Crippen LogP) is 3.86. The van der Waals surface area contributed by atoms with Crippen LogP contribution in [-0.2, 0) is 19.4 Å². The minimum Gasteiger partial charge on any atom is -0.493 e. The topological polar surface area (TPSA) is 104 Å². The van der Waals surface area contributed by atoms with Crippen LogP contribution in [0.15, 0.2) is 48.5 Å². The van der Waals surface area contributed by atoms with Crippen molar-refractivity contribution >= 4 is 17.7 Å². The summed E-state index contributed by atoms with van der Waals surface area (Å²) in [4.78, 5) is 29.7. The summed E-state index contributed by atoms with van der Waals surface area (Å²) in [7, 11) is 3.17. The molecule has 9 heteroatoms. The maximum Gasteiger partial charge on any atom is 0.414 e. The number of nitrogens with zero attached hydrogens (tertiary/aromatic N) is 2. The summed E-state index contributed by atoms with van der Waals surface area (Å²) in [6, 6.07) is 14.7. The average Bonchev–Trinajstić information content (AvgIpc) is 3.24. The molecule has 184 valence electrons. The maximum absolute atomic E-state index is 12.6. The third kappa shape index (κ3) is 5.92. The van der Waals surface area contributed by atoms with E-state index in [0.717, 1.165) is 30.7 Å². The van der Waals surface area contributed by atoms with Crippen molar-refractivity contribution in [2.75, 3.05) is 32.6 Å². The molecule has 2 N–H and O–H groups in total. The molecule has 0 spiro atoms. The van der Waals surface area contributed by atoms with Crippen LogP contribution < -0.4 is 24.8 Å². The first-order valence-corrected chi connectivity index (χ1v) is 11.7. The maximum atomic E-state index is 12.6. The van der Waals surface area contributed by atoms with Crippen LogP contribution in [0.1, 0.15) is 34.6 Å². The zero-order chi connectivity index (χ0) is 24.6. The van der Waals surface area contributed by atoms with Crippen LogP contribution in [0.5, 0.6) is 17.4 Å². The lowest BCUT2D eigenvalue weighted by molar-refractivity contribution is 0.101. The van der Waals surface area contributed by atoms with Crippen LogP contribution in [-0.4, -0.2) is 48.7 Å². The molecule has 2 aromatic carbocycles. The van der Waals surface area contributed by atoms with Gasteiger partial charge in [0.1, 0.15) is 5.82 Å². The van der Waals surface area contributed by atoms with Gasteiger partial charge in [-0.1, -0.05) is 36.4 Å². The standard InChI is InChI=1S/C26H30N4O5/c1-33-21-12-11-18(16-22(21)34-2)13-14-27-26(32)35-25-24(29-23-10-6-7-15-30(23)25)28-17-20(31)19-8-4-3-5-9-19/h3-5,8-9,11-12,16,28H,6-7,10,13-15,17H2,1-2H3,(H,27,32). The molecule has 0 fully saturated rings. The fourth-order valence-corrected chi connectivity index (χ4v) is 4.03. The molecule has 0 unspecified atom stereocenters. The lowest BCUT2D eigenvalue weighted by atomic mass is 10.1. The molecule has 1 aliphatic heterocycles. The smallest absolute Gasteiger partial charge is 0.414 e. The Morgan fingerprint density at radius 3 is 2.60 bits per heavy atom. The van der Waals surface area contributed by atoms with Crippen molar-refractivity contribution < 1.29 is 23.8 Å². The largest absolute Gasteiger partial charge is 0.493 e. The molecule has 1 aromatic heterocycles. The Balaban J connectivity index is 1.38. The number of Topliss-reactive ketones (excluding diaryl/α,β-unsaturated/α-hetero) is 1. The summed E-state index contributed by atoms with van der Waals surface area (Å²) < 4.78 is 18.2. The van der Waals surface area contributed by atoms with Gasteiger partial charge in [0.2, 0.25) is 5.88 Å². The van der Waals surface area contributed by atoms with Crippen LogP contribution in [0.2, 0.25) is 0 Å². The number of benzene rings is 2. The SMILES string of the molecule is COc1ccc(CCNC(=O)Oc2c(NCC(=O)c3ccccc3)nc3n2CCCC3)cc1OC. The molecule has 9 nitrogen and oxygen atoms in total. The second kappa shape index (κ2) is 11.4. The summed E-state index contributed by atoms with van der Waals surface area (Å²) in [6.45, 7) is 1.15. The van der Waals surface area contributed by atoms with Gasteiger partial charge in [0.05, 0.1) is 20.8 Å². The van der Waals surface area contributed by atoms with Gasteiger partial charge in [-0.25, -0.2) is 9.78 Å². The van der Waals surface area contributed by atoms with Crippen molar-refractivity contribution in [3.8, 4) is 17.4 Å². The van der Waals surface area contributed by atoms with E-state index in [1.54, 1.807) is 26.4 Å². The molecule has 0 radical (unpaired) electrons. The number of methoxy groups -OCH3 is 2. The first-order valence-electron chi connectivity index (χ1n) is 11.7. The third-order valence-electron chi connectivity index (χ3n) is 5.86. The fraction of sp³-hybridized carbons (Fsp3) is 0.346. The summed E-state index contributed by atoms with van der Waals surface area (Å²) in [5.74, 6) is 2.81. The Hall–Kier alpha value is -4.01. The number of aromatic nitrogens is 2. The van der Waals surface area contributed by atoms with Gasteiger partial charge in [-0.15, -0.1) is 0 Å². The fourth-order valence-electron chi connectivity index (χ4n) is 4.03. The molecule has 35 heavy (non-hydrogen) atoms. The number of ketones is 1. The molecule has 2 heterocycles. The Kier molecular flexibility index (Phi) is 7.87. The van der Waals surface area contributed by atoms with Gasteiger partial charge in [0.15, 0.2) is 23.1 Å². The van der Waals surface area contributed by atoms with E-state index >= 15 is 0 Å². The van der Waals surface area contributed by atoms with E-state index in [0.29, 0.717) is 48.3 Å². The summed E-state index contributed by atoms with van der Waals surface area (Å²) in [6.07, 6.45) is 2.82. The normalized spacial score (nSPS) is 12.4. The molecule has 1 aliphatic rings. The second-order valence-corrected chi connectivity index (χ2v) is 8.19. The van der Waals surface area contributed by atoms with Crippen molar-refractivity contribution in [1.82, 2.24) is 14.9 Å². The first kappa shape index (κ1) is 24.1. The Morgan fingerprint density at radius 1 is 1.03 bits per heavy atom. The van der Waals surface area contributed by atoms with Crippen LogP contribution in [0.25, 0.3) is 0 Å². The van der Waals surface area contributed by atoms with E-state index in [1.165, 1.54) is 0 Å². The number of hydrogen-bond donors (Lipinski definition) is 2. The zero-order valence-electron chi connectivity index (χ0n) is 20.0. The highest BCUT2D eigenvalue weighted by molar-refractivity contribution is 5.99. The van der Waals surface area contributed by atoms with Crippen molar-refractivity contribution in [1.29, 1.82) is 0 Å². The minimum atomic E-state index is -0.573. The van der Waals surface area contributed by atoms with E-state index < -0.39 is 6.09 Å². The van der Waals surface area contributed by atoms with Crippen molar-refractivity contribution in [2.24, 2.45) is 0 Å². The van der Waals surface area contributed by atoms with Gasteiger partial charge in [-0.3, -0.25) is 9.36 Å². The van der Waals surface area contributed by atoms with Crippen LogP contribution >= 0.6 is 0 Å². The van der Waals surface area contributed by atoms with E-state index in [4.69, 9.17) is 14.2 Å². The number of rotatable bonds is 10. The van der Waals surface area contributed by atoms with Gasteiger partial charge in [-0.2, -0.15) is 0 Å². The number of anilines is 1. The number of nitrogens with one attached hydrogen (secondary N) is 2. The monoisotopic (exact) mass is 478 g/mol. The lowest BCUT2D eigenvalue weighted by Crippen LogP contribution is -2.30. The van der Waals surface area contributed by atoms with E-state index in [1.807, 2.05) is 41.0 Å². The minimum absolute atomic E-state index is 0.0533. The van der Waals surface area contributed by atoms with Crippen LogP contribution in [0.3, 0.4) is 0 Å². The van der Waals surface area contributed by atoms with E-state index in [9.17, 15) is 9.59 Å². The average molecular weight is 479 g/mol. The third-order valence-corrected chi connectivity index (χ3v) is 5.86. The highest BCUT2D eigenvalue weighted by Crippen LogP contribution is 2.30. The molecule has 0 saturated heterocycles. The molecule has 0 aliphatic carbocycles. The lowest BCUT2D eigenvalue weighted by Gasteiger charge is -2.16. The highest BCUT2D eigenvalue weighted by atomic mass is 16.6. The number of hydrogen-bond acceptors (Lipinski definition) is 7. The molecule has 1 amide bonds. The van der Waals surface area contributed by atoms with Gasteiger partial charge in [0.25, 0.3) is 0 Å². The quantitative estimate of drug-likeness (QED) is 0.427. The summed E-state index contributed by atoms with van der Waals surface area (Å²) in [5.41, 5.74) is 1.60. The van der Waals surface area contributed by atoms with Crippen molar-refractivity contribution in [2.45, 2.75) is 32.2 Å². The number of ether oxygens (including phenoxy) is 3. The Morgan fingerprint density at radius 2 is 1.83 bits per heavy atom. The number of carbonyl (C=O) groups excluding carboxylic acids is 2. The molecule has 4 rings (SSSR count). The molecule has 3 aromatic rings. The molecule has 0 bridgehead atoms. The summed E-state index contributed by atoms with van der Waals surface area (Å²) >= 11 is 0. The number of imidazole rings is 1. The number of amides is 1. The van der Waals surface area contributed by atoms with Crippen LogP contribution in [0.4, 0.5) is 10.6 Å². The van der Waals surface area contributed by atoms with Gasteiger partial charge in [0, 0.05) is 25.1 Å². The van der Waals surface area contributed by atoms with E-state index in [2.05, 4.69) is 15.6 Å². The first-order chi connectivity index (χ1) is 17.1. The zero-order valence-corrected chi connectivity index (χ0v) is 20.0. The Labute approximate surface area is 204 Å². The van der Waals surface area contributed by atoms with Gasteiger partial charge in [-0.05, 0) is 37.0 Å². The van der Waals surface area contributed by atoms with E-state index in [-0.39, 0.29) is 12.3 Å². The highest BCUT2D eigenvalue weighted by Gasteiger charge is 2.23. The second-order valence-electron chi connectivity index (χ2n) is 8.19. The molecular weight excluding hydrogens is 448 g/mol. The Bertz CT molecular complexity index is 1180. The number of carbonyl (C=O) groups is 2. The number of aryl methyl sites for hydroxylation is 1. The predicted molar refractivity (Wildman–Crippen MR) is 132 cm³/mol. The summed E-state index contributed by atoms with van der Waals surface area (Å²) in [5, 5.41) is 5.86. The number of fused-ring (bicyclic) bond motifs is 1. The van der Waals surface area contributed by atoms with Crippen molar-refractivity contribution in [3.63, 3.8) is 0 Å². The molecule has 0 atom stereocenters. The molecule has 0 saturated carbocycles. The van der Waals surface area contributed by atoms with Crippen molar-refractivity contribution in [3.05, 3.63) is 65.5 Å². The van der Waals surface area contributed by atoms with Gasteiger partial charge < -0.3 is 24.8 Å². The van der Waals surface area contributed by atoms with Gasteiger partial charge >= 0.3 is 6.09 Å².